The molecule has 0 aliphatic carbocycles. The third kappa shape index (κ3) is 2.03. The van der Waals surface area contributed by atoms with Crippen molar-refractivity contribution >= 4 is 22.5 Å². The van der Waals surface area contributed by atoms with Crippen molar-refractivity contribution in [3.8, 4) is 11.5 Å². The molecule has 3 aromatic rings. The molecule has 0 amide bonds. The fourth-order valence-electron chi connectivity index (χ4n) is 1.80. The third-order valence-corrected chi connectivity index (χ3v) is 2.94. The van der Waals surface area contributed by atoms with Gasteiger partial charge >= 0.3 is 0 Å². The summed E-state index contributed by atoms with van der Waals surface area (Å²) in [7, 11) is 0. The molecule has 3 heteroatoms. The zero-order valence-corrected chi connectivity index (χ0v) is 10.3. The van der Waals surface area contributed by atoms with E-state index in [4.69, 9.17) is 16.3 Å². The molecule has 0 spiro atoms. The van der Waals surface area contributed by atoms with E-state index >= 15 is 0 Å². The molecule has 0 aliphatic rings. The van der Waals surface area contributed by atoms with Crippen LogP contribution in [0.15, 0.2) is 60.8 Å². The summed E-state index contributed by atoms with van der Waals surface area (Å²) in [6.45, 7) is 0. The highest BCUT2D eigenvalue weighted by Gasteiger charge is 2.09. The van der Waals surface area contributed by atoms with E-state index in [1.165, 1.54) is 0 Å². The van der Waals surface area contributed by atoms with Gasteiger partial charge in [0.1, 0.15) is 11.3 Å². The highest BCUT2D eigenvalue weighted by molar-refractivity contribution is 6.33. The molecule has 0 bridgehead atoms. The molecule has 2 aromatic carbocycles. The van der Waals surface area contributed by atoms with Crippen LogP contribution in [-0.4, -0.2) is 4.98 Å². The number of ether oxygens (including phenoxy) is 1. The first-order valence-corrected chi connectivity index (χ1v) is 5.98. The standard InChI is InChI=1S/C15H10ClNO/c16-13-9-8-11-5-4-10-17-14(11)15(13)18-12-6-2-1-3-7-12/h1-10H. The second kappa shape index (κ2) is 4.67. The minimum absolute atomic E-state index is 0.560. The van der Waals surface area contributed by atoms with Crippen LogP contribution in [0.25, 0.3) is 10.9 Å². The van der Waals surface area contributed by atoms with Crippen LogP contribution in [-0.2, 0) is 0 Å². The largest absolute Gasteiger partial charge is 0.453 e. The maximum atomic E-state index is 6.19. The maximum absolute atomic E-state index is 6.19. The lowest BCUT2D eigenvalue weighted by atomic mass is 10.2. The third-order valence-electron chi connectivity index (χ3n) is 2.64. The fourth-order valence-corrected chi connectivity index (χ4v) is 1.99. The molecule has 88 valence electrons. The van der Waals surface area contributed by atoms with E-state index in [-0.39, 0.29) is 0 Å². The van der Waals surface area contributed by atoms with Crippen LogP contribution in [0.5, 0.6) is 11.5 Å². The maximum Gasteiger partial charge on any atom is 0.172 e. The monoisotopic (exact) mass is 255 g/mol. The first-order valence-electron chi connectivity index (χ1n) is 5.61. The molecule has 0 N–H and O–H groups in total. The van der Waals surface area contributed by atoms with E-state index < -0.39 is 0 Å². The minimum Gasteiger partial charge on any atom is -0.453 e. The van der Waals surface area contributed by atoms with Gasteiger partial charge in [-0.1, -0.05) is 41.9 Å². The topological polar surface area (TPSA) is 22.1 Å². The van der Waals surface area contributed by atoms with E-state index in [0.29, 0.717) is 10.8 Å². The summed E-state index contributed by atoms with van der Waals surface area (Å²) in [6.07, 6.45) is 1.73. The second-order valence-electron chi connectivity index (χ2n) is 3.87. The Hall–Kier alpha value is -2.06. The SMILES string of the molecule is Clc1ccc2cccnc2c1Oc1ccccc1. The number of fused-ring (bicyclic) bond motifs is 1. The summed E-state index contributed by atoms with van der Waals surface area (Å²) in [5.74, 6) is 1.35. The van der Waals surface area contributed by atoms with Crippen molar-refractivity contribution in [2.45, 2.75) is 0 Å². The molecule has 0 saturated heterocycles. The van der Waals surface area contributed by atoms with Gasteiger partial charge in [-0.2, -0.15) is 0 Å². The van der Waals surface area contributed by atoms with Gasteiger partial charge in [0.2, 0.25) is 0 Å². The van der Waals surface area contributed by atoms with Crippen molar-refractivity contribution in [3.63, 3.8) is 0 Å². The van der Waals surface area contributed by atoms with Crippen molar-refractivity contribution in [2.24, 2.45) is 0 Å². The highest BCUT2D eigenvalue weighted by atomic mass is 35.5. The summed E-state index contributed by atoms with van der Waals surface area (Å²) >= 11 is 6.19. The lowest BCUT2D eigenvalue weighted by Gasteiger charge is -2.09. The Morgan fingerprint density at radius 1 is 0.889 bits per heavy atom. The molecule has 18 heavy (non-hydrogen) atoms. The van der Waals surface area contributed by atoms with Crippen molar-refractivity contribution in [3.05, 3.63) is 65.8 Å². The Bertz CT molecular complexity index is 682. The predicted octanol–water partition coefficient (Wildman–Crippen LogP) is 4.68. The van der Waals surface area contributed by atoms with Gasteiger partial charge in [-0.15, -0.1) is 0 Å². The summed E-state index contributed by atoms with van der Waals surface area (Å²) in [5, 5.41) is 1.57. The molecule has 1 heterocycles. The van der Waals surface area contributed by atoms with E-state index in [1.54, 1.807) is 6.20 Å². The summed E-state index contributed by atoms with van der Waals surface area (Å²) < 4.78 is 5.83. The number of pyridine rings is 1. The van der Waals surface area contributed by atoms with Gasteiger partial charge in [-0.25, -0.2) is 0 Å². The molecule has 3 rings (SSSR count). The van der Waals surface area contributed by atoms with Gasteiger partial charge < -0.3 is 4.74 Å². The van der Waals surface area contributed by atoms with Gasteiger partial charge in [0.15, 0.2) is 5.75 Å². The quantitative estimate of drug-likeness (QED) is 0.663. The molecule has 0 saturated carbocycles. The van der Waals surface area contributed by atoms with Gasteiger partial charge in [0, 0.05) is 11.6 Å². The molecule has 2 nitrogen and oxygen atoms in total. The van der Waals surface area contributed by atoms with Crippen molar-refractivity contribution < 1.29 is 4.74 Å². The molecular formula is C15H10ClNO. The van der Waals surface area contributed by atoms with Gasteiger partial charge in [-0.3, -0.25) is 4.98 Å². The summed E-state index contributed by atoms with van der Waals surface area (Å²) in [4.78, 5) is 4.33. The van der Waals surface area contributed by atoms with Crippen molar-refractivity contribution in [1.29, 1.82) is 0 Å². The van der Waals surface area contributed by atoms with E-state index in [1.807, 2.05) is 54.6 Å². The first-order chi connectivity index (χ1) is 8.84. The number of halogens is 1. The Kier molecular flexibility index (Phi) is 2.87. The second-order valence-corrected chi connectivity index (χ2v) is 4.27. The van der Waals surface area contributed by atoms with E-state index in [2.05, 4.69) is 4.98 Å². The molecular weight excluding hydrogens is 246 g/mol. The fraction of sp³-hybridized carbons (Fsp3) is 0. The molecule has 0 atom stereocenters. The first kappa shape index (κ1) is 11.1. The lowest BCUT2D eigenvalue weighted by Crippen LogP contribution is -1.88. The summed E-state index contributed by atoms with van der Waals surface area (Å²) in [6, 6.07) is 17.2. The Labute approximate surface area is 110 Å². The smallest absolute Gasteiger partial charge is 0.172 e. The Morgan fingerprint density at radius 3 is 2.56 bits per heavy atom. The highest BCUT2D eigenvalue weighted by Crippen LogP contribution is 2.35. The Morgan fingerprint density at radius 2 is 1.72 bits per heavy atom. The zero-order chi connectivity index (χ0) is 12.4. The van der Waals surface area contributed by atoms with Crippen LogP contribution in [0, 0.1) is 0 Å². The van der Waals surface area contributed by atoms with Crippen molar-refractivity contribution in [1.82, 2.24) is 4.98 Å². The van der Waals surface area contributed by atoms with Crippen molar-refractivity contribution in [2.75, 3.05) is 0 Å². The Balaban J connectivity index is 2.13. The number of nitrogens with zero attached hydrogens (tertiary/aromatic N) is 1. The average Bonchev–Trinajstić information content (AvgIpc) is 2.43. The molecule has 0 fully saturated rings. The van der Waals surface area contributed by atoms with Crippen LogP contribution in [0.1, 0.15) is 0 Å². The predicted molar refractivity (Wildman–Crippen MR) is 73.3 cm³/mol. The number of para-hydroxylation sites is 1. The van der Waals surface area contributed by atoms with Crippen LogP contribution in [0.2, 0.25) is 5.02 Å². The number of aromatic nitrogens is 1. The van der Waals surface area contributed by atoms with E-state index in [9.17, 15) is 0 Å². The minimum atomic E-state index is 0.560. The molecule has 0 unspecified atom stereocenters. The normalized spacial score (nSPS) is 10.5. The number of hydrogen-bond acceptors (Lipinski definition) is 2. The van der Waals surface area contributed by atoms with E-state index in [0.717, 1.165) is 16.7 Å². The van der Waals surface area contributed by atoms with Crippen LogP contribution >= 0.6 is 11.6 Å². The summed E-state index contributed by atoms with van der Waals surface area (Å²) in [5.41, 5.74) is 0.772. The van der Waals surface area contributed by atoms with Crippen LogP contribution in [0.3, 0.4) is 0 Å². The lowest BCUT2D eigenvalue weighted by molar-refractivity contribution is 0.487. The molecule has 0 radical (unpaired) electrons. The number of benzene rings is 2. The van der Waals surface area contributed by atoms with Gasteiger partial charge in [0.05, 0.1) is 5.02 Å². The average molecular weight is 256 g/mol. The molecule has 1 aromatic heterocycles. The zero-order valence-electron chi connectivity index (χ0n) is 9.51. The number of hydrogen-bond donors (Lipinski definition) is 0. The van der Waals surface area contributed by atoms with Crippen LogP contribution in [0.4, 0.5) is 0 Å². The molecule has 0 aliphatic heterocycles. The van der Waals surface area contributed by atoms with Gasteiger partial charge in [0.25, 0.3) is 0 Å². The van der Waals surface area contributed by atoms with Gasteiger partial charge in [-0.05, 0) is 24.3 Å². The van der Waals surface area contributed by atoms with Crippen LogP contribution < -0.4 is 4.74 Å². The number of rotatable bonds is 2.